The van der Waals surface area contributed by atoms with Crippen molar-refractivity contribution in [3.8, 4) is 0 Å². The van der Waals surface area contributed by atoms with Gasteiger partial charge in [-0.25, -0.2) is 0 Å². The molecule has 38 heavy (non-hydrogen) atoms. The Labute approximate surface area is 227 Å². The Morgan fingerprint density at radius 1 is 1.05 bits per heavy atom. The van der Waals surface area contributed by atoms with Crippen molar-refractivity contribution in [2.24, 2.45) is 5.41 Å². The van der Waals surface area contributed by atoms with Gasteiger partial charge in [0, 0.05) is 52.0 Å². The summed E-state index contributed by atoms with van der Waals surface area (Å²) in [5.74, 6) is -1.54. The molecule has 1 heterocycles. The summed E-state index contributed by atoms with van der Waals surface area (Å²) >= 11 is 6.37. The van der Waals surface area contributed by atoms with Crippen molar-refractivity contribution >= 4 is 29.1 Å². The number of rotatable bonds is 8. The SMILES string of the molecule is CN(C)C(=O)c1ccc(N2CCC(C)(CCCN(C)C(=O)[C@](O)(c3ccccc3)C(F)(F)F)CC2)cc1Cl. The summed E-state index contributed by atoms with van der Waals surface area (Å²) in [7, 11) is 4.64. The predicted molar refractivity (Wildman–Crippen MR) is 142 cm³/mol. The molecule has 0 aromatic heterocycles. The Balaban J connectivity index is 1.57. The lowest BCUT2D eigenvalue weighted by Crippen LogP contribution is -2.55. The standard InChI is InChI=1S/C28H35ClF3N3O3/c1-26(14-17-35(18-15-26)21-11-12-22(23(29)19-21)24(36)33(2)3)13-8-16-34(4)25(37)27(38,28(30,31)32)20-9-6-5-7-10-20/h5-7,9-12,19,38H,8,13-18H2,1-4H3/t27-/m1/s1. The molecular weight excluding hydrogens is 519 g/mol. The first-order chi connectivity index (χ1) is 17.7. The number of carbonyl (C=O) groups excluding carboxylic acids is 2. The molecule has 0 radical (unpaired) electrons. The highest BCUT2D eigenvalue weighted by Crippen LogP contribution is 2.41. The van der Waals surface area contributed by atoms with Crippen molar-refractivity contribution in [1.82, 2.24) is 9.80 Å². The summed E-state index contributed by atoms with van der Waals surface area (Å²) in [4.78, 5) is 29.7. The molecule has 2 amide bonds. The molecule has 1 atom stereocenters. The molecule has 0 aliphatic carbocycles. The zero-order valence-corrected chi connectivity index (χ0v) is 22.9. The van der Waals surface area contributed by atoms with Gasteiger partial charge in [-0.3, -0.25) is 9.59 Å². The van der Waals surface area contributed by atoms with E-state index in [1.807, 2.05) is 6.07 Å². The highest BCUT2D eigenvalue weighted by Gasteiger charge is 2.61. The Morgan fingerprint density at radius 3 is 2.18 bits per heavy atom. The molecule has 0 bridgehead atoms. The van der Waals surface area contributed by atoms with Crippen LogP contribution in [0.1, 0.15) is 48.5 Å². The topological polar surface area (TPSA) is 64.1 Å². The molecule has 3 rings (SSSR count). The number of hydrogen-bond donors (Lipinski definition) is 1. The van der Waals surface area contributed by atoms with Crippen molar-refractivity contribution in [1.29, 1.82) is 0 Å². The number of carbonyl (C=O) groups is 2. The van der Waals surface area contributed by atoms with E-state index in [1.54, 1.807) is 26.2 Å². The summed E-state index contributed by atoms with van der Waals surface area (Å²) < 4.78 is 41.5. The average molecular weight is 554 g/mol. The minimum absolute atomic E-state index is 0.0369. The van der Waals surface area contributed by atoms with Crippen LogP contribution in [0.2, 0.25) is 5.02 Å². The molecule has 0 saturated carbocycles. The van der Waals surface area contributed by atoms with Crippen LogP contribution >= 0.6 is 11.6 Å². The highest BCUT2D eigenvalue weighted by molar-refractivity contribution is 6.34. The Morgan fingerprint density at radius 2 is 1.66 bits per heavy atom. The lowest BCUT2D eigenvalue weighted by Gasteiger charge is -2.41. The summed E-state index contributed by atoms with van der Waals surface area (Å²) in [5, 5.41) is 10.9. The van der Waals surface area contributed by atoms with E-state index in [9.17, 15) is 27.9 Å². The third-order valence-electron chi connectivity index (χ3n) is 7.46. The number of amides is 2. The lowest BCUT2D eigenvalue weighted by molar-refractivity contribution is -0.261. The number of alkyl halides is 3. The third kappa shape index (κ3) is 6.26. The largest absolute Gasteiger partial charge is 0.430 e. The minimum Gasteiger partial charge on any atom is -0.371 e. The normalized spacial score (nSPS) is 17.0. The molecule has 1 aliphatic heterocycles. The van der Waals surface area contributed by atoms with Crippen LogP contribution in [0.3, 0.4) is 0 Å². The predicted octanol–water partition coefficient (Wildman–Crippen LogP) is 5.34. The molecule has 0 unspecified atom stereocenters. The fraction of sp³-hybridized carbons (Fsp3) is 0.500. The second-order valence-corrected chi connectivity index (χ2v) is 11.0. The van der Waals surface area contributed by atoms with E-state index >= 15 is 0 Å². The van der Waals surface area contributed by atoms with E-state index in [-0.39, 0.29) is 17.9 Å². The molecule has 1 fully saturated rings. The molecule has 1 aliphatic rings. The fourth-order valence-electron chi connectivity index (χ4n) is 4.88. The Kier molecular flexibility index (Phi) is 9.04. The summed E-state index contributed by atoms with van der Waals surface area (Å²) in [6, 6.07) is 11.9. The highest BCUT2D eigenvalue weighted by atomic mass is 35.5. The fourth-order valence-corrected chi connectivity index (χ4v) is 5.13. The van der Waals surface area contributed by atoms with E-state index in [0.717, 1.165) is 55.1 Å². The second kappa shape index (κ2) is 11.5. The van der Waals surface area contributed by atoms with Gasteiger partial charge in [0.2, 0.25) is 0 Å². The van der Waals surface area contributed by atoms with Gasteiger partial charge in [0.1, 0.15) is 0 Å². The number of halogens is 4. The van der Waals surface area contributed by atoms with Gasteiger partial charge in [0.15, 0.2) is 0 Å². The van der Waals surface area contributed by atoms with Gasteiger partial charge in [-0.2, -0.15) is 13.2 Å². The number of hydrogen-bond acceptors (Lipinski definition) is 4. The molecule has 2 aromatic rings. The van der Waals surface area contributed by atoms with E-state index in [4.69, 9.17) is 11.6 Å². The number of benzene rings is 2. The van der Waals surface area contributed by atoms with E-state index in [0.29, 0.717) is 17.0 Å². The quantitative estimate of drug-likeness (QED) is 0.479. The van der Waals surface area contributed by atoms with E-state index in [1.165, 1.54) is 30.1 Å². The molecule has 0 spiro atoms. The smallest absolute Gasteiger partial charge is 0.371 e. The van der Waals surface area contributed by atoms with Crippen LogP contribution in [-0.4, -0.2) is 73.7 Å². The van der Waals surface area contributed by atoms with Crippen molar-refractivity contribution < 1.29 is 27.9 Å². The van der Waals surface area contributed by atoms with Crippen LogP contribution in [0.4, 0.5) is 18.9 Å². The minimum atomic E-state index is -5.15. The van der Waals surface area contributed by atoms with Crippen LogP contribution in [0.25, 0.3) is 0 Å². The molecular formula is C28H35ClF3N3O3. The number of likely N-dealkylation sites (N-methyl/N-ethyl adjacent to an activating group) is 1. The van der Waals surface area contributed by atoms with Gasteiger partial charge in [-0.15, -0.1) is 0 Å². The molecule has 208 valence electrons. The van der Waals surface area contributed by atoms with E-state index in [2.05, 4.69) is 11.8 Å². The van der Waals surface area contributed by atoms with Crippen molar-refractivity contribution in [3.63, 3.8) is 0 Å². The summed E-state index contributed by atoms with van der Waals surface area (Å²) in [6.45, 7) is 3.78. The summed E-state index contributed by atoms with van der Waals surface area (Å²) in [6.07, 6.45) is -2.20. The van der Waals surface area contributed by atoms with Gasteiger partial charge in [-0.05, 0) is 49.3 Å². The maximum absolute atomic E-state index is 13.8. The van der Waals surface area contributed by atoms with Gasteiger partial charge >= 0.3 is 6.18 Å². The first-order valence-electron chi connectivity index (χ1n) is 12.6. The lowest BCUT2D eigenvalue weighted by atomic mass is 9.76. The maximum atomic E-state index is 13.8. The maximum Gasteiger partial charge on any atom is 0.430 e. The summed E-state index contributed by atoms with van der Waals surface area (Å²) in [5.41, 5.74) is -2.74. The first kappa shape index (κ1) is 29.8. The van der Waals surface area contributed by atoms with Crippen molar-refractivity contribution in [2.75, 3.05) is 45.7 Å². The first-order valence-corrected chi connectivity index (χ1v) is 12.9. The van der Waals surface area contributed by atoms with E-state index < -0.39 is 23.2 Å². The zero-order chi connectivity index (χ0) is 28.3. The van der Waals surface area contributed by atoms with Crippen molar-refractivity contribution in [3.05, 3.63) is 64.7 Å². The van der Waals surface area contributed by atoms with Crippen LogP contribution in [-0.2, 0) is 10.4 Å². The molecule has 10 heteroatoms. The molecule has 6 nitrogen and oxygen atoms in total. The molecule has 2 aromatic carbocycles. The monoisotopic (exact) mass is 553 g/mol. The molecule has 1 saturated heterocycles. The number of anilines is 1. The number of nitrogens with zero attached hydrogens (tertiary/aromatic N) is 3. The average Bonchev–Trinajstić information content (AvgIpc) is 2.87. The van der Waals surface area contributed by atoms with Crippen molar-refractivity contribution in [2.45, 2.75) is 44.4 Å². The zero-order valence-electron chi connectivity index (χ0n) is 22.2. The van der Waals surface area contributed by atoms with Crippen LogP contribution in [0.5, 0.6) is 0 Å². The third-order valence-corrected chi connectivity index (χ3v) is 7.77. The van der Waals surface area contributed by atoms with Gasteiger partial charge in [0.05, 0.1) is 10.6 Å². The second-order valence-electron chi connectivity index (χ2n) is 10.6. The van der Waals surface area contributed by atoms with Crippen LogP contribution in [0, 0.1) is 5.41 Å². The van der Waals surface area contributed by atoms with Gasteiger partial charge < -0.3 is 19.8 Å². The Hall–Kier alpha value is -2.78. The Bertz CT molecular complexity index is 1140. The van der Waals surface area contributed by atoms with Crippen LogP contribution in [0.15, 0.2) is 48.5 Å². The van der Waals surface area contributed by atoms with Crippen LogP contribution < -0.4 is 4.90 Å². The number of aliphatic hydroxyl groups is 1. The molecule has 1 N–H and O–H groups in total. The van der Waals surface area contributed by atoms with Gasteiger partial charge in [-0.1, -0.05) is 48.9 Å². The number of piperidine rings is 1. The van der Waals surface area contributed by atoms with Gasteiger partial charge in [0.25, 0.3) is 17.4 Å².